The van der Waals surface area contributed by atoms with E-state index in [1.54, 1.807) is 13.8 Å². The predicted octanol–water partition coefficient (Wildman–Crippen LogP) is 1.62. The zero-order valence-corrected chi connectivity index (χ0v) is 13.1. The lowest BCUT2D eigenvalue weighted by molar-refractivity contribution is 0.0519. The number of aromatic nitrogens is 1. The summed E-state index contributed by atoms with van der Waals surface area (Å²) in [5, 5.41) is 3.69. The third-order valence-electron chi connectivity index (χ3n) is 3.06. The molecule has 0 spiro atoms. The molecule has 1 aromatic heterocycles. The molecule has 1 atom stereocenters. The van der Waals surface area contributed by atoms with E-state index in [2.05, 4.69) is 10.3 Å². The van der Waals surface area contributed by atoms with Crippen LogP contribution in [-0.2, 0) is 14.6 Å². The van der Waals surface area contributed by atoms with E-state index >= 15 is 0 Å². The van der Waals surface area contributed by atoms with Gasteiger partial charge in [-0.2, -0.15) is 0 Å². The van der Waals surface area contributed by atoms with Gasteiger partial charge in [0.25, 0.3) is 0 Å². The number of thiazole rings is 1. The number of carbonyl (C=O) groups is 1. The maximum absolute atomic E-state index is 11.7. The Labute approximate surface area is 122 Å². The summed E-state index contributed by atoms with van der Waals surface area (Å²) in [5.41, 5.74) is 0.304. The van der Waals surface area contributed by atoms with Crippen molar-refractivity contribution in [2.75, 3.05) is 23.4 Å². The van der Waals surface area contributed by atoms with Gasteiger partial charge in [-0.15, -0.1) is 11.3 Å². The van der Waals surface area contributed by atoms with Crippen LogP contribution in [0.2, 0.25) is 0 Å². The van der Waals surface area contributed by atoms with Crippen LogP contribution in [0.5, 0.6) is 0 Å². The molecule has 1 fully saturated rings. The molecule has 1 saturated heterocycles. The molecular weight excluding hydrogens is 300 g/mol. The largest absolute Gasteiger partial charge is 0.461 e. The minimum atomic E-state index is -2.96. The molecule has 1 aliphatic heterocycles. The first kappa shape index (κ1) is 15.2. The van der Waals surface area contributed by atoms with E-state index in [-0.39, 0.29) is 17.5 Å². The summed E-state index contributed by atoms with van der Waals surface area (Å²) in [6.45, 7) is 3.85. The average Bonchev–Trinajstić information content (AvgIpc) is 2.69. The second-order valence-corrected chi connectivity index (χ2v) is 8.17. The zero-order chi connectivity index (χ0) is 14.8. The number of anilines is 1. The topological polar surface area (TPSA) is 85.4 Å². The molecule has 0 saturated carbocycles. The molecule has 1 aromatic rings. The lowest BCUT2D eigenvalue weighted by Gasteiger charge is -2.22. The smallest absolute Gasteiger partial charge is 0.358 e. The fourth-order valence-corrected chi connectivity index (χ4v) is 4.67. The Bertz CT molecular complexity index is 595. The Morgan fingerprint density at radius 3 is 2.95 bits per heavy atom. The van der Waals surface area contributed by atoms with E-state index in [1.165, 1.54) is 11.3 Å². The van der Waals surface area contributed by atoms with Crippen LogP contribution in [0, 0.1) is 6.92 Å². The Kier molecular flexibility index (Phi) is 4.64. The summed E-state index contributed by atoms with van der Waals surface area (Å²) in [5.74, 6) is -0.0539. The normalized spacial score (nSPS) is 21.4. The molecule has 6 nitrogen and oxygen atoms in total. The van der Waals surface area contributed by atoms with Crippen LogP contribution in [0.1, 0.15) is 35.1 Å². The van der Waals surface area contributed by atoms with E-state index in [4.69, 9.17) is 4.74 Å². The maximum Gasteiger partial charge on any atom is 0.358 e. The van der Waals surface area contributed by atoms with Gasteiger partial charge in [-0.1, -0.05) is 0 Å². The van der Waals surface area contributed by atoms with Gasteiger partial charge < -0.3 is 10.1 Å². The van der Waals surface area contributed by atoms with E-state index in [0.29, 0.717) is 23.9 Å². The number of aryl methyl sites for hydroxylation is 1. The summed E-state index contributed by atoms with van der Waals surface area (Å²) in [7, 11) is -2.96. The van der Waals surface area contributed by atoms with Crippen molar-refractivity contribution in [3.63, 3.8) is 0 Å². The highest BCUT2D eigenvalue weighted by molar-refractivity contribution is 7.91. The van der Waals surface area contributed by atoms with Crippen LogP contribution in [0.3, 0.4) is 0 Å². The third-order valence-corrected chi connectivity index (χ3v) is 5.78. The summed E-state index contributed by atoms with van der Waals surface area (Å²) in [4.78, 5) is 16.6. The van der Waals surface area contributed by atoms with Crippen molar-refractivity contribution >= 4 is 32.3 Å². The molecule has 0 aliphatic carbocycles. The molecule has 0 aromatic carbocycles. The van der Waals surface area contributed by atoms with Crippen LogP contribution in [0.15, 0.2) is 0 Å². The number of sulfone groups is 1. The van der Waals surface area contributed by atoms with E-state index in [9.17, 15) is 13.2 Å². The minimum absolute atomic E-state index is 0.125. The van der Waals surface area contributed by atoms with Crippen molar-refractivity contribution in [2.24, 2.45) is 0 Å². The van der Waals surface area contributed by atoms with Crippen molar-refractivity contribution in [1.29, 1.82) is 0 Å². The number of rotatable bonds is 4. The summed E-state index contributed by atoms with van der Waals surface area (Å²) >= 11 is 1.34. The molecule has 0 bridgehead atoms. The van der Waals surface area contributed by atoms with Crippen LogP contribution in [0.4, 0.5) is 5.13 Å². The van der Waals surface area contributed by atoms with Gasteiger partial charge >= 0.3 is 5.97 Å². The third kappa shape index (κ3) is 3.69. The Hall–Kier alpha value is -1.15. The number of carbonyl (C=O) groups excluding carboxylic acids is 1. The minimum Gasteiger partial charge on any atom is -0.461 e. The molecule has 0 radical (unpaired) electrons. The number of hydrogen-bond donors (Lipinski definition) is 1. The molecule has 1 unspecified atom stereocenters. The first-order valence-electron chi connectivity index (χ1n) is 6.53. The SMILES string of the molecule is CCOC(=O)c1nc(NC2CCCS(=O)(=O)C2)sc1C. The number of nitrogens with zero attached hydrogens (tertiary/aromatic N) is 1. The standard InChI is InChI=1S/C12H18N2O4S2/c1-3-18-11(15)10-8(2)19-12(14-10)13-9-5-4-6-20(16,17)7-9/h9H,3-7H2,1-2H3,(H,13,14). The van der Waals surface area contributed by atoms with Crippen molar-refractivity contribution in [3.05, 3.63) is 10.6 Å². The van der Waals surface area contributed by atoms with Gasteiger partial charge in [-0.3, -0.25) is 0 Å². The van der Waals surface area contributed by atoms with Gasteiger partial charge in [0.05, 0.1) is 18.1 Å². The molecule has 1 N–H and O–H groups in total. The summed E-state index contributed by atoms with van der Waals surface area (Å²) < 4.78 is 28.1. The molecule has 8 heteroatoms. The van der Waals surface area contributed by atoms with Gasteiger partial charge in [-0.05, 0) is 26.7 Å². The van der Waals surface area contributed by atoms with E-state index in [1.807, 2.05) is 0 Å². The van der Waals surface area contributed by atoms with E-state index in [0.717, 1.165) is 11.3 Å². The molecule has 2 heterocycles. The fourth-order valence-electron chi connectivity index (χ4n) is 2.16. The lowest BCUT2D eigenvalue weighted by atomic mass is 10.2. The van der Waals surface area contributed by atoms with Crippen molar-refractivity contribution in [3.8, 4) is 0 Å². The quantitative estimate of drug-likeness (QED) is 0.849. The second-order valence-electron chi connectivity index (χ2n) is 4.74. The van der Waals surface area contributed by atoms with Gasteiger partial charge in [0.15, 0.2) is 20.7 Å². The Morgan fingerprint density at radius 2 is 2.30 bits per heavy atom. The summed E-state index contributed by atoms with van der Waals surface area (Å²) in [6, 6.07) is -0.130. The fraction of sp³-hybridized carbons (Fsp3) is 0.667. The van der Waals surface area contributed by atoms with Crippen LogP contribution < -0.4 is 5.32 Å². The Balaban J connectivity index is 2.07. The highest BCUT2D eigenvalue weighted by Crippen LogP contribution is 2.25. The number of nitrogens with one attached hydrogen (secondary N) is 1. The molecule has 0 amide bonds. The van der Waals surface area contributed by atoms with Crippen LogP contribution >= 0.6 is 11.3 Å². The zero-order valence-electron chi connectivity index (χ0n) is 11.5. The lowest BCUT2D eigenvalue weighted by Crippen LogP contribution is -2.34. The number of esters is 1. The van der Waals surface area contributed by atoms with Gasteiger partial charge in [-0.25, -0.2) is 18.2 Å². The molecule has 20 heavy (non-hydrogen) atoms. The average molecular weight is 318 g/mol. The van der Waals surface area contributed by atoms with Gasteiger partial charge in [0, 0.05) is 10.9 Å². The van der Waals surface area contributed by atoms with E-state index < -0.39 is 15.8 Å². The molecule has 112 valence electrons. The van der Waals surface area contributed by atoms with Gasteiger partial charge in [0.2, 0.25) is 0 Å². The van der Waals surface area contributed by atoms with Crippen molar-refractivity contribution in [2.45, 2.75) is 32.7 Å². The highest BCUT2D eigenvalue weighted by atomic mass is 32.2. The van der Waals surface area contributed by atoms with Crippen molar-refractivity contribution < 1.29 is 17.9 Å². The molecular formula is C12H18N2O4S2. The Morgan fingerprint density at radius 1 is 1.55 bits per heavy atom. The number of ether oxygens (including phenoxy) is 1. The van der Waals surface area contributed by atoms with Crippen LogP contribution in [0.25, 0.3) is 0 Å². The predicted molar refractivity (Wildman–Crippen MR) is 78.1 cm³/mol. The van der Waals surface area contributed by atoms with Gasteiger partial charge in [0.1, 0.15) is 0 Å². The number of hydrogen-bond acceptors (Lipinski definition) is 7. The van der Waals surface area contributed by atoms with Crippen LogP contribution in [-0.4, -0.2) is 43.5 Å². The first-order chi connectivity index (χ1) is 9.41. The first-order valence-corrected chi connectivity index (χ1v) is 9.16. The maximum atomic E-state index is 11.7. The monoisotopic (exact) mass is 318 g/mol. The van der Waals surface area contributed by atoms with Crippen molar-refractivity contribution in [1.82, 2.24) is 4.98 Å². The summed E-state index contributed by atoms with van der Waals surface area (Å²) in [6.07, 6.45) is 1.46. The molecule has 1 aliphatic rings. The molecule has 2 rings (SSSR count). The second kappa shape index (κ2) is 6.09. The highest BCUT2D eigenvalue weighted by Gasteiger charge is 2.26.